The molecule has 1 aromatic rings. The van der Waals surface area contributed by atoms with Crippen molar-refractivity contribution in [3.05, 3.63) is 29.1 Å². The predicted octanol–water partition coefficient (Wildman–Crippen LogP) is 1.84. The number of aliphatic hydroxyl groups is 1. The fourth-order valence-electron chi connectivity index (χ4n) is 3.45. The van der Waals surface area contributed by atoms with Crippen LogP contribution in [0.2, 0.25) is 0 Å². The van der Waals surface area contributed by atoms with Crippen molar-refractivity contribution in [3.8, 4) is 0 Å². The second-order valence-corrected chi connectivity index (χ2v) is 5.89. The van der Waals surface area contributed by atoms with Gasteiger partial charge in [0, 0.05) is 28.9 Å². The molecule has 2 aliphatic rings. The van der Waals surface area contributed by atoms with Gasteiger partial charge in [-0.25, -0.2) is 4.39 Å². The molecule has 3 rings (SSSR count). The smallest absolute Gasteiger partial charge is 0.254 e. The standard InChI is InChI=1S/C15H19FN2O2/c1-8-13(16)4-9(5-14(8)17)15(20)18-10-2-3-11(18)7-12(19)6-10/h4-5,10-12,19H,2-3,6-7,17H2,1H3. The van der Waals surface area contributed by atoms with E-state index >= 15 is 0 Å². The number of aliphatic hydroxyl groups excluding tert-OH is 1. The lowest BCUT2D eigenvalue weighted by atomic mass is 9.98. The molecule has 3 N–H and O–H groups in total. The molecule has 5 heteroatoms. The Hall–Kier alpha value is -1.62. The number of nitrogens with zero attached hydrogens (tertiary/aromatic N) is 1. The number of hydrogen-bond donors (Lipinski definition) is 2. The average molecular weight is 278 g/mol. The SMILES string of the molecule is Cc1c(N)cc(C(=O)N2C3CCC2CC(O)C3)cc1F. The van der Waals surface area contributed by atoms with E-state index in [-0.39, 0.29) is 24.1 Å². The number of piperidine rings is 1. The van der Waals surface area contributed by atoms with E-state index in [1.165, 1.54) is 6.07 Å². The van der Waals surface area contributed by atoms with E-state index in [2.05, 4.69) is 0 Å². The van der Waals surface area contributed by atoms with Crippen LogP contribution in [0.4, 0.5) is 10.1 Å². The van der Waals surface area contributed by atoms with Crippen LogP contribution in [0.3, 0.4) is 0 Å². The van der Waals surface area contributed by atoms with E-state index in [1.807, 2.05) is 4.90 Å². The van der Waals surface area contributed by atoms with Gasteiger partial charge in [-0.2, -0.15) is 0 Å². The third-order valence-electron chi connectivity index (χ3n) is 4.57. The highest BCUT2D eigenvalue weighted by molar-refractivity contribution is 5.96. The van der Waals surface area contributed by atoms with Gasteiger partial charge in [0.05, 0.1) is 6.10 Å². The summed E-state index contributed by atoms with van der Waals surface area (Å²) in [6.07, 6.45) is 2.74. The molecular formula is C15H19FN2O2. The van der Waals surface area contributed by atoms with Gasteiger partial charge in [-0.3, -0.25) is 4.79 Å². The molecule has 0 aromatic heterocycles. The molecule has 2 unspecified atom stereocenters. The Morgan fingerprint density at radius 1 is 1.35 bits per heavy atom. The maximum Gasteiger partial charge on any atom is 0.254 e. The van der Waals surface area contributed by atoms with Gasteiger partial charge in [0.25, 0.3) is 5.91 Å². The van der Waals surface area contributed by atoms with Gasteiger partial charge in [0.1, 0.15) is 5.82 Å². The third kappa shape index (κ3) is 2.06. The summed E-state index contributed by atoms with van der Waals surface area (Å²) in [5.74, 6) is -0.618. The molecule has 1 amide bonds. The van der Waals surface area contributed by atoms with Crippen molar-refractivity contribution < 1.29 is 14.3 Å². The van der Waals surface area contributed by atoms with E-state index in [1.54, 1.807) is 13.0 Å². The monoisotopic (exact) mass is 278 g/mol. The summed E-state index contributed by atoms with van der Waals surface area (Å²) >= 11 is 0. The Bertz CT molecular complexity index is 524. The molecule has 0 aliphatic carbocycles. The molecule has 2 atom stereocenters. The number of carbonyl (C=O) groups excluding carboxylic acids is 1. The molecule has 20 heavy (non-hydrogen) atoms. The number of rotatable bonds is 1. The highest BCUT2D eigenvalue weighted by atomic mass is 19.1. The minimum Gasteiger partial charge on any atom is -0.398 e. The second-order valence-electron chi connectivity index (χ2n) is 5.89. The molecule has 1 aromatic carbocycles. The zero-order valence-corrected chi connectivity index (χ0v) is 11.5. The predicted molar refractivity (Wildman–Crippen MR) is 73.8 cm³/mol. The van der Waals surface area contributed by atoms with Crippen molar-refractivity contribution in [2.75, 3.05) is 5.73 Å². The van der Waals surface area contributed by atoms with Crippen LogP contribution in [0.5, 0.6) is 0 Å². The number of halogens is 1. The van der Waals surface area contributed by atoms with Crippen LogP contribution in [0.15, 0.2) is 12.1 Å². The molecule has 2 aliphatic heterocycles. The Balaban J connectivity index is 1.90. The summed E-state index contributed by atoms with van der Waals surface area (Å²) in [6.45, 7) is 1.60. The van der Waals surface area contributed by atoms with Crippen molar-refractivity contribution in [2.24, 2.45) is 0 Å². The van der Waals surface area contributed by atoms with Gasteiger partial charge in [-0.1, -0.05) is 0 Å². The van der Waals surface area contributed by atoms with Crippen molar-refractivity contribution >= 4 is 11.6 Å². The first-order chi connectivity index (χ1) is 9.47. The second kappa shape index (κ2) is 4.74. The number of nitrogens with two attached hydrogens (primary N) is 1. The van der Waals surface area contributed by atoms with Crippen molar-refractivity contribution in [1.29, 1.82) is 0 Å². The van der Waals surface area contributed by atoms with E-state index in [0.717, 1.165) is 12.8 Å². The molecule has 108 valence electrons. The van der Waals surface area contributed by atoms with Crippen LogP contribution in [0, 0.1) is 12.7 Å². The van der Waals surface area contributed by atoms with Crippen LogP contribution in [0.1, 0.15) is 41.6 Å². The lowest BCUT2D eigenvalue weighted by molar-refractivity contribution is 0.0286. The molecule has 2 saturated heterocycles. The highest BCUT2D eigenvalue weighted by Gasteiger charge is 2.43. The molecule has 2 heterocycles. The summed E-state index contributed by atoms with van der Waals surface area (Å²) in [4.78, 5) is 14.4. The molecule has 0 radical (unpaired) electrons. The van der Waals surface area contributed by atoms with E-state index in [9.17, 15) is 14.3 Å². The number of hydrogen-bond acceptors (Lipinski definition) is 3. The number of amides is 1. The van der Waals surface area contributed by atoms with Crippen molar-refractivity contribution in [3.63, 3.8) is 0 Å². The van der Waals surface area contributed by atoms with Crippen LogP contribution >= 0.6 is 0 Å². The Morgan fingerprint density at radius 3 is 2.50 bits per heavy atom. The number of benzene rings is 1. The normalized spacial score (nSPS) is 28.8. The van der Waals surface area contributed by atoms with E-state index in [0.29, 0.717) is 29.7 Å². The van der Waals surface area contributed by atoms with Crippen LogP contribution in [-0.4, -0.2) is 34.1 Å². The fraction of sp³-hybridized carbons (Fsp3) is 0.533. The van der Waals surface area contributed by atoms with Gasteiger partial charge < -0.3 is 15.7 Å². The molecule has 0 spiro atoms. The minimum absolute atomic E-state index is 0.0711. The van der Waals surface area contributed by atoms with Crippen LogP contribution in [-0.2, 0) is 0 Å². The Labute approximate surface area is 117 Å². The van der Waals surface area contributed by atoms with E-state index < -0.39 is 5.82 Å². The molecule has 0 saturated carbocycles. The van der Waals surface area contributed by atoms with Gasteiger partial charge in [-0.15, -0.1) is 0 Å². The highest BCUT2D eigenvalue weighted by Crippen LogP contribution is 2.37. The number of nitrogen functional groups attached to an aromatic ring is 1. The third-order valence-corrected chi connectivity index (χ3v) is 4.57. The number of carbonyl (C=O) groups is 1. The van der Waals surface area contributed by atoms with Crippen LogP contribution < -0.4 is 5.73 Å². The average Bonchev–Trinajstić information content (AvgIpc) is 2.66. The lowest BCUT2D eigenvalue weighted by Gasteiger charge is -2.37. The molecule has 4 nitrogen and oxygen atoms in total. The quantitative estimate of drug-likeness (QED) is 0.770. The number of anilines is 1. The molecule has 2 bridgehead atoms. The van der Waals surface area contributed by atoms with Gasteiger partial charge >= 0.3 is 0 Å². The molecular weight excluding hydrogens is 259 g/mol. The zero-order valence-electron chi connectivity index (χ0n) is 11.5. The van der Waals surface area contributed by atoms with Gasteiger partial charge in [0.15, 0.2) is 0 Å². The Morgan fingerprint density at radius 2 is 1.95 bits per heavy atom. The Kier molecular flexibility index (Phi) is 3.17. The maximum atomic E-state index is 13.7. The number of fused-ring (bicyclic) bond motifs is 2. The summed E-state index contributed by atoms with van der Waals surface area (Å²) in [7, 11) is 0. The zero-order chi connectivity index (χ0) is 14.4. The van der Waals surface area contributed by atoms with Crippen molar-refractivity contribution in [1.82, 2.24) is 4.90 Å². The minimum atomic E-state index is -0.447. The largest absolute Gasteiger partial charge is 0.398 e. The van der Waals surface area contributed by atoms with E-state index in [4.69, 9.17) is 5.73 Å². The van der Waals surface area contributed by atoms with Crippen molar-refractivity contribution in [2.45, 2.75) is 50.8 Å². The van der Waals surface area contributed by atoms with Gasteiger partial charge in [-0.05, 0) is 44.7 Å². The lowest BCUT2D eigenvalue weighted by Crippen LogP contribution is -2.48. The van der Waals surface area contributed by atoms with Crippen LogP contribution in [0.25, 0.3) is 0 Å². The summed E-state index contributed by atoms with van der Waals surface area (Å²) in [5.41, 5.74) is 6.73. The first-order valence-corrected chi connectivity index (χ1v) is 7.03. The first-order valence-electron chi connectivity index (χ1n) is 7.03. The fourth-order valence-corrected chi connectivity index (χ4v) is 3.45. The summed E-state index contributed by atoms with van der Waals surface area (Å²) < 4.78 is 13.7. The maximum absolute atomic E-state index is 13.7. The van der Waals surface area contributed by atoms with Gasteiger partial charge in [0.2, 0.25) is 0 Å². The topological polar surface area (TPSA) is 66.6 Å². The molecule has 2 fully saturated rings. The summed E-state index contributed by atoms with van der Waals surface area (Å²) in [5, 5.41) is 9.77. The first kappa shape index (κ1) is 13.4. The summed E-state index contributed by atoms with van der Waals surface area (Å²) in [6, 6.07) is 2.95.